The highest BCUT2D eigenvalue weighted by atomic mass is 32.3. The molecule has 0 heterocycles. The van der Waals surface area contributed by atoms with Gasteiger partial charge < -0.3 is 0 Å². The van der Waals surface area contributed by atoms with E-state index in [1.54, 1.807) is 0 Å². The molecule has 18 heteroatoms. The normalized spacial score (nSPS) is 13.8. The van der Waals surface area contributed by atoms with Gasteiger partial charge in [-0.3, -0.25) is 4.55 Å². The van der Waals surface area contributed by atoms with E-state index in [1.165, 1.54) is 0 Å². The number of sulfonamides is 2. The van der Waals surface area contributed by atoms with Gasteiger partial charge in [0.25, 0.3) is 30.2 Å². The van der Waals surface area contributed by atoms with E-state index in [1.807, 2.05) is 0 Å². The average Bonchev–Trinajstić information content (AvgIpc) is 2.62. The molecule has 8 nitrogen and oxygen atoms in total. The maximum atomic E-state index is 14.1. The van der Waals surface area contributed by atoms with E-state index in [9.17, 15) is 51.6 Å². The zero-order valence-electron chi connectivity index (χ0n) is 14.8. The van der Waals surface area contributed by atoms with E-state index in [4.69, 9.17) is 4.55 Å². The highest BCUT2D eigenvalue weighted by Crippen LogP contribution is 2.49. The molecule has 0 aliphatic heterocycles. The molecular weight excluding hydrogens is 536 g/mol. The SMILES string of the molecule is O=S(=O)(O)c1ccc(S(=O)(=O)NS(=O)(=O)C(F)(F)C(F)(F)Sc2ccc(F)cc2F)cc1. The molecule has 0 radical (unpaired) electrons. The Labute approximate surface area is 181 Å². The fourth-order valence-corrected chi connectivity index (χ4v) is 6.34. The molecule has 0 aromatic heterocycles. The summed E-state index contributed by atoms with van der Waals surface area (Å²) in [6.07, 6.45) is 0. The van der Waals surface area contributed by atoms with Crippen LogP contribution in [0.4, 0.5) is 26.3 Å². The number of nitrogens with one attached hydrogen (secondary N) is 1. The molecule has 2 aromatic carbocycles. The molecule has 178 valence electrons. The van der Waals surface area contributed by atoms with Crippen LogP contribution >= 0.6 is 11.8 Å². The van der Waals surface area contributed by atoms with E-state index in [-0.39, 0.29) is 6.07 Å². The van der Waals surface area contributed by atoms with Crippen LogP contribution in [0.3, 0.4) is 0 Å². The minimum Gasteiger partial charge on any atom is -0.282 e. The molecule has 0 amide bonds. The lowest BCUT2D eigenvalue weighted by molar-refractivity contribution is -0.0905. The molecule has 0 unspecified atom stereocenters. The van der Waals surface area contributed by atoms with Crippen LogP contribution in [0, 0.1) is 11.6 Å². The first kappa shape index (κ1) is 26.4. The van der Waals surface area contributed by atoms with Crippen LogP contribution in [-0.4, -0.2) is 40.3 Å². The second-order valence-corrected chi connectivity index (χ2v) is 12.0. The Bertz CT molecular complexity index is 1340. The van der Waals surface area contributed by atoms with Gasteiger partial charge in [0.15, 0.2) is 0 Å². The minimum absolute atomic E-state index is 0.0734. The summed E-state index contributed by atoms with van der Waals surface area (Å²) < 4.78 is 162. The average molecular weight is 545 g/mol. The lowest BCUT2D eigenvalue weighted by Gasteiger charge is -2.25. The van der Waals surface area contributed by atoms with Crippen molar-refractivity contribution in [2.75, 3.05) is 0 Å². The third-order valence-electron chi connectivity index (χ3n) is 3.46. The van der Waals surface area contributed by atoms with Crippen molar-refractivity contribution in [3.63, 3.8) is 0 Å². The third kappa shape index (κ3) is 5.37. The predicted octanol–water partition coefficient (Wildman–Crippen LogP) is 2.80. The molecule has 2 rings (SSSR count). The van der Waals surface area contributed by atoms with Gasteiger partial charge in [0.1, 0.15) is 11.6 Å². The summed E-state index contributed by atoms with van der Waals surface area (Å²) in [5.41, 5.74) is 0. The van der Waals surface area contributed by atoms with Crippen LogP contribution in [0.1, 0.15) is 0 Å². The molecule has 0 atom stereocenters. The molecular formula is C14H9F6NO7S4. The molecule has 0 saturated carbocycles. The van der Waals surface area contributed by atoms with E-state index < -0.39 is 78.8 Å². The van der Waals surface area contributed by atoms with E-state index in [2.05, 4.69) is 0 Å². The number of benzene rings is 2. The van der Waals surface area contributed by atoms with Crippen molar-refractivity contribution in [1.82, 2.24) is 4.13 Å². The Hall–Kier alpha value is -1.86. The molecule has 0 bridgehead atoms. The number of halogens is 6. The summed E-state index contributed by atoms with van der Waals surface area (Å²) in [5.74, 6) is -2.94. The summed E-state index contributed by atoms with van der Waals surface area (Å²) in [5, 5.41) is -11.8. The highest BCUT2D eigenvalue weighted by molar-refractivity contribution is 8.06. The Morgan fingerprint density at radius 3 is 1.78 bits per heavy atom. The molecule has 2 aromatic rings. The van der Waals surface area contributed by atoms with Crippen LogP contribution in [0.2, 0.25) is 0 Å². The second kappa shape index (κ2) is 8.49. The third-order valence-corrected chi connectivity index (χ3v) is 9.10. The van der Waals surface area contributed by atoms with Crippen molar-refractivity contribution in [1.29, 1.82) is 0 Å². The smallest absolute Gasteiger partial charge is 0.282 e. The maximum Gasteiger partial charge on any atom is 0.431 e. The van der Waals surface area contributed by atoms with Crippen molar-refractivity contribution < 1.29 is 56.1 Å². The lowest BCUT2D eigenvalue weighted by atomic mass is 10.3. The Morgan fingerprint density at radius 2 is 1.31 bits per heavy atom. The van der Waals surface area contributed by atoms with Crippen molar-refractivity contribution in [3.05, 3.63) is 54.1 Å². The minimum atomic E-state index is -6.71. The van der Waals surface area contributed by atoms with Gasteiger partial charge in [0.05, 0.1) is 9.79 Å². The number of rotatable bonds is 8. The van der Waals surface area contributed by atoms with Gasteiger partial charge in [-0.05, 0) is 48.2 Å². The van der Waals surface area contributed by atoms with Crippen LogP contribution in [0.15, 0.2) is 57.2 Å². The molecule has 0 aliphatic carbocycles. The zero-order valence-corrected chi connectivity index (χ0v) is 18.1. The lowest BCUT2D eigenvalue weighted by Crippen LogP contribution is -2.51. The largest absolute Gasteiger partial charge is 0.431 e. The summed E-state index contributed by atoms with van der Waals surface area (Å²) in [6.45, 7) is 0. The molecule has 0 fully saturated rings. The van der Waals surface area contributed by atoms with E-state index in [0.717, 1.165) is 0 Å². The van der Waals surface area contributed by atoms with Gasteiger partial charge in [-0.25, -0.2) is 25.6 Å². The number of thioether (sulfide) groups is 1. The number of hydrogen-bond acceptors (Lipinski definition) is 7. The van der Waals surface area contributed by atoms with Gasteiger partial charge in [0, 0.05) is 11.0 Å². The second-order valence-electron chi connectivity index (χ2n) is 5.75. The Balaban J connectivity index is 2.37. The molecule has 0 saturated heterocycles. The van der Waals surface area contributed by atoms with Gasteiger partial charge in [0.2, 0.25) is 0 Å². The topological polar surface area (TPSA) is 135 Å². The monoisotopic (exact) mass is 545 g/mol. The number of alkyl halides is 4. The van der Waals surface area contributed by atoms with Gasteiger partial charge in [-0.1, -0.05) is 4.13 Å². The Kier molecular flexibility index (Phi) is 7.00. The first-order chi connectivity index (χ1) is 14.3. The maximum absolute atomic E-state index is 14.1. The van der Waals surface area contributed by atoms with Crippen LogP contribution in [0.25, 0.3) is 0 Å². The van der Waals surface area contributed by atoms with Crippen molar-refractivity contribution in [2.45, 2.75) is 25.2 Å². The first-order valence-electron chi connectivity index (χ1n) is 7.55. The van der Waals surface area contributed by atoms with Crippen LogP contribution < -0.4 is 4.13 Å². The summed E-state index contributed by atoms with van der Waals surface area (Å²) in [7, 11) is -17.0. The van der Waals surface area contributed by atoms with E-state index >= 15 is 0 Å². The standard InChI is InChI=1S/C14H9F6NO7S4/c15-8-1-6-12(11(16)7-8)29-13(17,18)14(19,20)32(27,28)21-30(22,23)9-2-4-10(5-3-9)31(24,25)26/h1-7,21H,(H,24,25,26). The van der Waals surface area contributed by atoms with Gasteiger partial charge in [-0.2, -0.15) is 26.0 Å². The summed E-state index contributed by atoms with van der Waals surface area (Å²) >= 11 is -1.29. The summed E-state index contributed by atoms with van der Waals surface area (Å²) in [6, 6.07) is 2.57. The molecule has 32 heavy (non-hydrogen) atoms. The molecule has 0 aliphatic rings. The van der Waals surface area contributed by atoms with Gasteiger partial charge >= 0.3 is 10.5 Å². The van der Waals surface area contributed by atoms with Crippen molar-refractivity contribution >= 4 is 41.9 Å². The van der Waals surface area contributed by atoms with Crippen molar-refractivity contribution in [2.24, 2.45) is 0 Å². The van der Waals surface area contributed by atoms with Crippen LogP contribution in [0.5, 0.6) is 0 Å². The van der Waals surface area contributed by atoms with Crippen LogP contribution in [-0.2, 0) is 30.2 Å². The zero-order chi connectivity index (χ0) is 24.8. The summed E-state index contributed by atoms with van der Waals surface area (Å²) in [4.78, 5) is -3.23. The quantitative estimate of drug-likeness (QED) is 0.294. The Morgan fingerprint density at radius 1 is 0.812 bits per heavy atom. The molecule has 0 spiro atoms. The number of hydrogen-bond donors (Lipinski definition) is 2. The highest BCUT2D eigenvalue weighted by Gasteiger charge is 2.67. The predicted molar refractivity (Wildman–Crippen MR) is 97.6 cm³/mol. The van der Waals surface area contributed by atoms with Gasteiger partial charge in [-0.15, -0.1) is 0 Å². The fraction of sp³-hybridized carbons (Fsp3) is 0.143. The molecule has 2 N–H and O–H groups in total. The van der Waals surface area contributed by atoms with Crippen molar-refractivity contribution in [3.8, 4) is 0 Å². The first-order valence-corrected chi connectivity index (χ1v) is 12.8. The fourth-order valence-electron chi connectivity index (χ4n) is 1.95. The van der Waals surface area contributed by atoms with E-state index in [0.29, 0.717) is 40.5 Å².